The van der Waals surface area contributed by atoms with Crippen LogP contribution in [0.1, 0.15) is 24.5 Å². The predicted molar refractivity (Wildman–Crippen MR) is 122 cm³/mol. The zero-order chi connectivity index (χ0) is 21.7. The van der Waals surface area contributed by atoms with E-state index in [-0.39, 0.29) is 18.9 Å². The number of rotatable bonds is 8. The van der Waals surface area contributed by atoms with E-state index in [0.29, 0.717) is 27.3 Å². The number of carbonyl (C=O) groups excluding carboxylic acids is 1. The molecule has 0 atom stereocenters. The van der Waals surface area contributed by atoms with Gasteiger partial charge in [-0.25, -0.2) is 0 Å². The van der Waals surface area contributed by atoms with Crippen LogP contribution >= 0.6 is 24.0 Å². The Kier molecular flexibility index (Phi) is 7.12. The minimum absolute atomic E-state index is 0.0456. The first-order chi connectivity index (χ1) is 14.4. The van der Waals surface area contributed by atoms with E-state index in [1.54, 1.807) is 24.3 Å². The average molecular weight is 444 g/mol. The fourth-order valence-corrected chi connectivity index (χ4v) is 4.08. The van der Waals surface area contributed by atoms with Crippen LogP contribution in [-0.2, 0) is 9.59 Å². The molecule has 156 valence electrons. The number of benzene rings is 2. The monoisotopic (exact) mass is 443 g/mol. The van der Waals surface area contributed by atoms with Crippen molar-refractivity contribution in [2.24, 2.45) is 0 Å². The average Bonchev–Trinajstić information content (AvgIpc) is 2.97. The summed E-state index contributed by atoms with van der Waals surface area (Å²) in [6, 6.07) is 12.9. The van der Waals surface area contributed by atoms with Crippen molar-refractivity contribution in [3.05, 3.63) is 58.5 Å². The van der Waals surface area contributed by atoms with Crippen LogP contribution in [0.2, 0.25) is 0 Å². The smallest absolute Gasteiger partial charge is 0.306 e. The van der Waals surface area contributed by atoms with Gasteiger partial charge < -0.3 is 14.6 Å². The number of hydrogen-bond acceptors (Lipinski definition) is 6. The zero-order valence-electron chi connectivity index (χ0n) is 16.6. The van der Waals surface area contributed by atoms with Crippen LogP contribution in [0.25, 0.3) is 6.08 Å². The number of aliphatic carboxylic acids is 1. The molecule has 8 heteroatoms. The number of amides is 1. The molecule has 0 bridgehead atoms. The number of hydrogen-bond donors (Lipinski definition) is 1. The van der Waals surface area contributed by atoms with Gasteiger partial charge >= 0.3 is 5.97 Å². The molecule has 1 aliphatic rings. The standard InChI is InChI=1S/C22H21NO5S2/c1-3-27-18-12-15(6-9-17(18)28-11-10-20(24)25)13-19-21(26)23(22(29)30-19)16-7-4-14(2)5-8-16/h4-9,12-13H,3,10-11H2,1-2H3,(H,24,25)/b19-13+. The second kappa shape index (κ2) is 9.77. The van der Waals surface area contributed by atoms with E-state index < -0.39 is 5.97 Å². The van der Waals surface area contributed by atoms with Gasteiger partial charge in [0.2, 0.25) is 0 Å². The molecule has 0 unspecified atom stereocenters. The van der Waals surface area contributed by atoms with E-state index in [1.165, 1.54) is 16.7 Å². The lowest BCUT2D eigenvalue weighted by atomic mass is 10.1. The lowest BCUT2D eigenvalue weighted by Gasteiger charge is -2.14. The summed E-state index contributed by atoms with van der Waals surface area (Å²) in [5.41, 5.74) is 2.60. The molecule has 3 rings (SSSR count). The number of carboxylic acids is 1. The number of thiocarbonyl (C=S) groups is 1. The van der Waals surface area contributed by atoms with Crippen LogP contribution in [0, 0.1) is 6.92 Å². The summed E-state index contributed by atoms with van der Waals surface area (Å²) in [5.74, 6) is -0.151. The van der Waals surface area contributed by atoms with E-state index in [0.717, 1.165) is 16.8 Å². The fraction of sp³-hybridized carbons (Fsp3) is 0.227. The highest BCUT2D eigenvalue weighted by Crippen LogP contribution is 2.37. The van der Waals surface area contributed by atoms with Gasteiger partial charge in [-0.15, -0.1) is 0 Å². The Morgan fingerprint density at radius 3 is 2.57 bits per heavy atom. The Hall–Kier alpha value is -2.84. The quantitative estimate of drug-likeness (QED) is 0.470. The Labute approximate surface area is 184 Å². The second-order valence-corrected chi connectivity index (χ2v) is 8.16. The van der Waals surface area contributed by atoms with Gasteiger partial charge in [0.1, 0.15) is 0 Å². The van der Waals surface area contributed by atoms with Crippen molar-refractivity contribution in [3.8, 4) is 11.5 Å². The van der Waals surface area contributed by atoms with Crippen molar-refractivity contribution in [2.45, 2.75) is 20.3 Å². The molecule has 1 heterocycles. The first kappa shape index (κ1) is 21.9. The van der Waals surface area contributed by atoms with Gasteiger partial charge in [-0.3, -0.25) is 14.5 Å². The highest BCUT2D eigenvalue weighted by atomic mass is 32.2. The van der Waals surface area contributed by atoms with Gasteiger partial charge in [-0.1, -0.05) is 47.7 Å². The Balaban J connectivity index is 1.82. The van der Waals surface area contributed by atoms with Crippen molar-refractivity contribution >= 4 is 51.9 Å². The Bertz CT molecular complexity index is 1000. The number of carbonyl (C=O) groups is 2. The highest BCUT2D eigenvalue weighted by Gasteiger charge is 2.33. The molecule has 6 nitrogen and oxygen atoms in total. The van der Waals surface area contributed by atoms with E-state index in [4.69, 9.17) is 26.8 Å². The maximum absolute atomic E-state index is 12.9. The van der Waals surface area contributed by atoms with Gasteiger partial charge in [-0.05, 0) is 49.8 Å². The highest BCUT2D eigenvalue weighted by molar-refractivity contribution is 8.27. The molecule has 30 heavy (non-hydrogen) atoms. The van der Waals surface area contributed by atoms with E-state index in [1.807, 2.05) is 38.1 Å². The lowest BCUT2D eigenvalue weighted by Crippen LogP contribution is -2.27. The number of ether oxygens (including phenoxy) is 2. The summed E-state index contributed by atoms with van der Waals surface area (Å²) in [4.78, 5) is 25.7. The topological polar surface area (TPSA) is 76.1 Å². The minimum atomic E-state index is -0.930. The number of anilines is 1. The van der Waals surface area contributed by atoms with E-state index in [9.17, 15) is 9.59 Å². The van der Waals surface area contributed by atoms with E-state index >= 15 is 0 Å². The molecule has 0 aromatic heterocycles. The first-order valence-electron chi connectivity index (χ1n) is 9.35. The third-order valence-electron chi connectivity index (χ3n) is 4.22. The number of nitrogens with zero attached hydrogens (tertiary/aromatic N) is 1. The number of thioether (sulfide) groups is 1. The summed E-state index contributed by atoms with van der Waals surface area (Å²) in [6.07, 6.45) is 1.66. The molecule has 2 aromatic carbocycles. The van der Waals surface area contributed by atoms with Gasteiger partial charge in [-0.2, -0.15) is 0 Å². The zero-order valence-corrected chi connectivity index (χ0v) is 18.2. The molecular formula is C22H21NO5S2. The van der Waals surface area contributed by atoms with E-state index in [2.05, 4.69) is 0 Å². The van der Waals surface area contributed by atoms with Crippen LogP contribution in [0.4, 0.5) is 5.69 Å². The normalized spacial score (nSPS) is 15.0. The molecule has 1 amide bonds. The largest absolute Gasteiger partial charge is 0.490 e. The summed E-state index contributed by atoms with van der Waals surface area (Å²) < 4.78 is 11.6. The second-order valence-electron chi connectivity index (χ2n) is 6.48. The summed E-state index contributed by atoms with van der Waals surface area (Å²) in [6.45, 7) is 4.30. The molecule has 0 aliphatic carbocycles. The Morgan fingerprint density at radius 2 is 1.90 bits per heavy atom. The third-order valence-corrected chi connectivity index (χ3v) is 5.53. The van der Waals surface area contributed by atoms with Crippen molar-refractivity contribution in [1.82, 2.24) is 0 Å². The summed E-state index contributed by atoms with van der Waals surface area (Å²) >= 11 is 6.67. The van der Waals surface area contributed by atoms with Crippen LogP contribution in [0.3, 0.4) is 0 Å². The maximum atomic E-state index is 12.9. The van der Waals surface area contributed by atoms with Crippen LogP contribution in [0.5, 0.6) is 11.5 Å². The molecule has 0 radical (unpaired) electrons. The van der Waals surface area contributed by atoms with Crippen LogP contribution in [-0.4, -0.2) is 34.5 Å². The number of carboxylic acid groups (broad SMARTS) is 1. The van der Waals surface area contributed by atoms with Gasteiger partial charge in [0.15, 0.2) is 15.8 Å². The molecule has 1 saturated heterocycles. The lowest BCUT2D eigenvalue weighted by molar-refractivity contribution is -0.137. The minimum Gasteiger partial charge on any atom is -0.490 e. The van der Waals surface area contributed by atoms with Crippen LogP contribution < -0.4 is 14.4 Å². The Morgan fingerprint density at radius 1 is 1.17 bits per heavy atom. The molecule has 1 fully saturated rings. The predicted octanol–water partition coefficient (Wildman–Crippen LogP) is 4.65. The molecule has 2 aromatic rings. The molecule has 1 N–H and O–H groups in total. The van der Waals surface area contributed by atoms with Crippen molar-refractivity contribution in [2.75, 3.05) is 18.1 Å². The van der Waals surface area contributed by atoms with Crippen LogP contribution in [0.15, 0.2) is 47.4 Å². The summed E-state index contributed by atoms with van der Waals surface area (Å²) in [5, 5.41) is 8.76. The van der Waals surface area contributed by atoms with Gasteiger partial charge in [0.25, 0.3) is 5.91 Å². The molecular weight excluding hydrogens is 422 g/mol. The van der Waals surface area contributed by atoms with Gasteiger partial charge in [0.05, 0.1) is 30.2 Å². The molecule has 1 aliphatic heterocycles. The fourth-order valence-electron chi connectivity index (χ4n) is 2.79. The number of aryl methyl sites for hydroxylation is 1. The first-order valence-corrected chi connectivity index (χ1v) is 10.6. The molecule has 0 spiro atoms. The maximum Gasteiger partial charge on any atom is 0.306 e. The van der Waals surface area contributed by atoms with Crippen molar-refractivity contribution < 1.29 is 24.2 Å². The van der Waals surface area contributed by atoms with Crippen molar-refractivity contribution in [3.63, 3.8) is 0 Å². The van der Waals surface area contributed by atoms with Crippen molar-refractivity contribution in [1.29, 1.82) is 0 Å². The molecule has 0 saturated carbocycles. The van der Waals surface area contributed by atoms with Gasteiger partial charge in [0, 0.05) is 0 Å². The SMILES string of the molecule is CCOc1cc(/C=C2/SC(=S)N(c3ccc(C)cc3)C2=O)ccc1OCCC(=O)O. The summed E-state index contributed by atoms with van der Waals surface area (Å²) in [7, 11) is 0. The third kappa shape index (κ3) is 5.20.